The van der Waals surface area contributed by atoms with Crippen molar-refractivity contribution in [3.05, 3.63) is 42.1 Å². The Morgan fingerprint density at radius 3 is 2.59 bits per heavy atom. The number of nitrogens with zero attached hydrogens (tertiary/aromatic N) is 6. The van der Waals surface area contributed by atoms with E-state index in [9.17, 15) is 9.59 Å². The van der Waals surface area contributed by atoms with Gasteiger partial charge >= 0.3 is 5.97 Å². The summed E-state index contributed by atoms with van der Waals surface area (Å²) in [4.78, 5) is 36.6. The van der Waals surface area contributed by atoms with Gasteiger partial charge in [-0.15, -0.1) is 5.10 Å². The summed E-state index contributed by atoms with van der Waals surface area (Å²) in [6, 6.07) is 10.2. The number of amides is 1. The molecular weight excluding hydrogens is 408 g/mol. The fourth-order valence-electron chi connectivity index (χ4n) is 3.90. The average Bonchev–Trinajstić information content (AvgIpc) is 3.26. The molecule has 9 heteroatoms. The Morgan fingerprint density at radius 2 is 1.84 bits per heavy atom. The van der Waals surface area contributed by atoms with E-state index in [-0.39, 0.29) is 11.9 Å². The van der Waals surface area contributed by atoms with E-state index < -0.39 is 0 Å². The third-order valence-corrected chi connectivity index (χ3v) is 5.71. The summed E-state index contributed by atoms with van der Waals surface area (Å²) < 4.78 is 6.41. The summed E-state index contributed by atoms with van der Waals surface area (Å²) in [6.45, 7) is 4.66. The first-order valence-corrected chi connectivity index (χ1v) is 10.9. The molecule has 0 N–H and O–H groups in total. The van der Waals surface area contributed by atoms with E-state index in [0.717, 1.165) is 11.3 Å². The van der Waals surface area contributed by atoms with E-state index in [2.05, 4.69) is 44.7 Å². The van der Waals surface area contributed by atoms with Gasteiger partial charge < -0.3 is 14.5 Å². The lowest BCUT2D eigenvalue weighted by molar-refractivity contribution is -0.141. The number of esters is 1. The van der Waals surface area contributed by atoms with Crippen LogP contribution in [0.4, 0.5) is 5.95 Å². The summed E-state index contributed by atoms with van der Waals surface area (Å²) in [7, 11) is 1.38. The molecular formula is C23H28N6O3. The first-order chi connectivity index (χ1) is 15.5. The van der Waals surface area contributed by atoms with Gasteiger partial charge in [-0.3, -0.25) is 9.59 Å². The Balaban J connectivity index is 1.38. The smallest absolute Gasteiger partial charge is 0.305 e. The molecule has 0 unspecified atom stereocenters. The minimum absolute atomic E-state index is 0.126. The minimum Gasteiger partial charge on any atom is -0.469 e. The number of aryl methyl sites for hydroxylation is 1. The highest BCUT2D eigenvalue weighted by molar-refractivity contribution is 5.76. The monoisotopic (exact) mass is 436 g/mol. The van der Waals surface area contributed by atoms with Crippen LogP contribution in [0.5, 0.6) is 0 Å². The number of piperazine rings is 1. The van der Waals surface area contributed by atoms with E-state index in [1.807, 2.05) is 17.0 Å². The van der Waals surface area contributed by atoms with E-state index >= 15 is 0 Å². The highest BCUT2D eigenvalue weighted by Gasteiger charge is 2.24. The highest BCUT2D eigenvalue weighted by atomic mass is 16.5. The van der Waals surface area contributed by atoms with Crippen molar-refractivity contribution in [2.24, 2.45) is 0 Å². The molecule has 0 saturated carbocycles. The SMILES string of the molecule is COC(=O)CCCCC(=O)N1CCN(c2nc3nccc(-c4cccc(C)c4)n3n2)CC1. The summed E-state index contributed by atoms with van der Waals surface area (Å²) in [5.41, 5.74) is 3.19. The Kier molecular flexibility index (Phi) is 6.63. The van der Waals surface area contributed by atoms with E-state index in [1.165, 1.54) is 12.7 Å². The number of hydrogen-bond donors (Lipinski definition) is 0. The summed E-state index contributed by atoms with van der Waals surface area (Å²) >= 11 is 0. The van der Waals surface area contributed by atoms with Gasteiger partial charge in [-0.2, -0.15) is 9.50 Å². The molecule has 3 aromatic rings. The molecule has 1 amide bonds. The lowest BCUT2D eigenvalue weighted by atomic mass is 10.1. The Labute approximate surface area is 187 Å². The van der Waals surface area contributed by atoms with Crippen molar-refractivity contribution < 1.29 is 14.3 Å². The molecule has 0 aliphatic carbocycles. The third-order valence-electron chi connectivity index (χ3n) is 5.71. The van der Waals surface area contributed by atoms with Crippen LogP contribution in [-0.2, 0) is 14.3 Å². The number of unbranched alkanes of at least 4 members (excludes halogenated alkanes) is 1. The van der Waals surface area contributed by atoms with Crippen molar-refractivity contribution in [3.63, 3.8) is 0 Å². The number of carbonyl (C=O) groups excluding carboxylic acids is 2. The first-order valence-electron chi connectivity index (χ1n) is 10.9. The molecule has 1 saturated heterocycles. The van der Waals surface area contributed by atoms with Crippen molar-refractivity contribution in [2.45, 2.75) is 32.6 Å². The highest BCUT2D eigenvalue weighted by Crippen LogP contribution is 2.22. The predicted molar refractivity (Wildman–Crippen MR) is 120 cm³/mol. The molecule has 1 aliphatic heterocycles. The standard InChI is InChI=1S/C23H28N6O3/c1-17-6-5-7-18(16-17)19-10-11-24-22-25-23(26-29(19)22)28-14-12-27(13-15-28)20(30)8-3-4-9-21(31)32-2/h5-7,10-11,16H,3-4,8-9,12-15H2,1-2H3. The fraction of sp³-hybridized carbons (Fsp3) is 0.435. The van der Waals surface area contributed by atoms with Gasteiger partial charge in [-0.25, -0.2) is 4.98 Å². The van der Waals surface area contributed by atoms with Crippen LogP contribution in [0.1, 0.15) is 31.2 Å². The van der Waals surface area contributed by atoms with Crippen LogP contribution in [0.25, 0.3) is 17.0 Å². The largest absolute Gasteiger partial charge is 0.469 e. The van der Waals surface area contributed by atoms with Gasteiger partial charge in [-0.05, 0) is 31.9 Å². The second kappa shape index (κ2) is 9.76. The van der Waals surface area contributed by atoms with Gasteiger partial charge in [0.25, 0.3) is 5.78 Å². The van der Waals surface area contributed by atoms with Crippen LogP contribution in [0, 0.1) is 6.92 Å². The molecule has 1 aliphatic rings. The van der Waals surface area contributed by atoms with Crippen molar-refractivity contribution in [1.82, 2.24) is 24.5 Å². The Morgan fingerprint density at radius 1 is 1.06 bits per heavy atom. The number of methoxy groups -OCH3 is 1. The number of ether oxygens (including phenoxy) is 1. The van der Waals surface area contributed by atoms with Gasteiger partial charge in [0.05, 0.1) is 12.8 Å². The summed E-state index contributed by atoms with van der Waals surface area (Å²) in [5.74, 6) is 1.08. The molecule has 0 spiro atoms. The van der Waals surface area contributed by atoms with Crippen molar-refractivity contribution in [2.75, 3.05) is 38.2 Å². The number of hydrogen-bond acceptors (Lipinski definition) is 7. The predicted octanol–water partition coefficient (Wildman–Crippen LogP) is 2.48. The van der Waals surface area contributed by atoms with Crippen LogP contribution in [-0.4, -0.2) is 69.6 Å². The zero-order valence-corrected chi connectivity index (χ0v) is 18.5. The molecule has 1 aromatic carbocycles. The lowest BCUT2D eigenvalue weighted by Crippen LogP contribution is -2.49. The van der Waals surface area contributed by atoms with Gasteiger partial charge in [0.15, 0.2) is 0 Å². The quantitative estimate of drug-likeness (QED) is 0.415. The van der Waals surface area contributed by atoms with Crippen molar-refractivity contribution in [3.8, 4) is 11.3 Å². The first kappa shape index (κ1) is 21.7. The molecule has 2 aromatic heterocycles. The second-order valence-electron chi connectivity index (χ2n) is 7.97. The van der Waals surface area contributed by atoms with Crippen LogP contribution in [0.15, 0.2) is 36.5 Å². The number of fused-ring (bicyclic) bond motifs is 1. The zero-order chi connectivity index (χ0) is 22.5. The third kappa shape index (κ3) is 4.87. The zero-order valence-electron chi connectivity index (χ0n) is 18.5. The van der Waals surface area contributed by atoms with Crippen LogP contribution in [0.2, 0.25) is 0 Å². The van der Waals surface area contributed by atoms with Crippen LogP contribution < -0.4 is 4.90 Å². The maximum absolute atomic E-state index is 12.5. The molecule has 3 heterocycles. The maximum atomic E-state index is 12.5. The van der Waals surface area contributed by atoms with Gasteiger partial charge in [0.1, 0.15) is 0 Å². The van der Waals surface area contributed by atoms with Crippen LogP contribution >= 0.6 is 0 Å². The van der Waals surface area contributed by atoms with E-state index in [4.69, 9.17) is 5.10 Å². The molecule has 0 radical (unpaired) electrons. The molecule has 32 heavy (non-hydrogen) atoms. The molecule has 0 bridgehead atoms. The second-order valence-corrected chi connectivity index (χ2v) is 7.97. The maximum Gasteiger partial charge on any atom is 0.305 e. The van der Waals surface area contributed by atoms with Crippen molar-refractivity contribution >= 4 is 23.6 Å². The number of carbonyl (C=O) groups is 2. The lowest BCUT2D eigenvalue weighted by Gasteiger charge is -2.34. The van der Waals surface area contributed by atoms with Crippen LogP contribution in [0.3, 0.4) is 0 Å². The normalized spacial score (nSPS) is 14.1. The number of benzene rings is 1. The van der Waals surface area contributed by atoms with Gasteiger partial charge in [0.2, 0.25) is 11.9 Å². The molecule has 0 atom stereocenters. The Hall–Kier alpha value is -3.49. The fourth-order valence-corrected chi connectivity index (χ4v) is 3.90. The summed E-state index contributed by atoms with van der Waals surface area (Å²) in [6.07, 6.45) is 3.92. The minimum atomic E-state index is -0.230. The molecule has 168 valence electrons. The topological polar surface area (TPSA) is 92.9 Å². The summed E-state index contributed by atoms with van der Waals surface area (Å²) in [5, 5.41) is 4.72. The molecule has 1 fully saturated rings. The van der Waals surface area contributed by atoms with E-state index in [0.29, 0.717) is 63.6 Å². The molecule has 9 nitrogen and oxygen atoms in total. The number of anilines is 1. The number of rotatable bonds is 7. The van der Waals surface area contributed by atoms with E-state index in [1.54, 1.807) is 10.7 Å². The van der Waals surface area contributed by atoms with Gasteiger partial charge in [0, 0.05) is 50.8 Å². The van der Waals surface area contributed by atoms with Gasteiger partial charge in [-0.1, -0.05) is 23.8 Å². The molecule has 4 rings (SSSR count). The van der Waals surface area contributed by atoms with Crippen molar-refractivity contribution in [1.29, 1.82) is 0 Å². The Bertz CT molecular complexity index is 1100. The average molecular weight is 437 g/mol. The number of aromatic nitrogens is 4.